The summed E-state index contributed by atoms with van der Waals surface area (Å²) >= 11 is 0. The molecule has 1 amide bonds. The Morgan fingerprint density at radius 3 is 2.83 bits per heavy atom. The Morgan fingerprint density at radius 1 is 1.26 bits per heavy atom. The summed E-state index contributed by atoms with van der Waals surface area (Å²) in [5.74, 6) is 0.388. The number of anilines is 1. The smallest absolute Gasteiger partial charge is 0.271 e. The van der Waals surface area contributed by atoms with Gasteiger partial charge in [-0.05, 0) is 13.0 Å². The van der Waals surface area contributed by atoms with Gasteiger partial charge in [0.05, 0.1) is 37.3 Å². The minimum Gasteiger partial charge on any atom is -0.378 e. The molecule has 0 unspecified atom stereocenters. The first kappa shape index (κ1) is 15.3. The number of rotatable bonds is 4. The zero-order chi connectivity index (χ0) is 16.1. The third kappa shape index (κ3) is 3.98. The zero-order valence-electron chi connectivity index (χ0n) is 12.9. The van der Waals surface area contributed by atoms with E-state index < -0.39 is 0 Å². The van der Waals surface area contributed by atoms with Gasteiger partial charge in [0.1, 0.15) is 5.69 Å². The van der Waals surface area contributed by atoms with Crippen molar-refractivity contribution in [1.29, 1.82) is 0 Å². The van der Waals surface area contributed by atoms with E-state index in [9.17, 15) is 4.79 Å². The fourth-order valence-electron chi connectivity index (χ4n) is 2.17. The second kappa shape index (κ2) is 7.10. The maximum atomic E-state index is 12.0. The molecule has 0 radical (unpaired) electrons. The van der Waals surface area contributed by atoms with Gasteiger partial charge in [-0.25, -0.2) is 15.0 Å². The van der Waals surface area contributed by atoms with Crippen LogP contribution in [0.25, 0.3) is 0 Å². The standard InChI is InChI=1S/C15H18N6O2/c1-11-8-18-13(10-17-11)14(22)19-9-12-2-3-16-15(20-12)21-4-6-23-7-5-21/h2-3,8,10H,4-7,9H2,1H3,(H,19,22). The molecule has 1 aliphatic rings. The number of nitrogens with zero attached hydrogens (tertiary/aromatic N) is 5. The molecule has 8 heteroatoms. The highest BCUT2D eigenvalue weighted by Crippen LogP contribution is 2.09. The van der Waals surface area contributed by atoms with Crippen LogP contribution >= 0.6 is 0 Å². The first-order valence-electron chi connectivity index (χ1n) is 7.44. The molecule has 0 aliphatic carbocycles. The Hall–Kier alpha value is -2.61. The zero-order valence-corrected chi connectivity index (χ0v) is 12.9. The molecule has 8 nitrogen and oxygen atoms in total. The first-order chi connectivity index (χ1) is 11.2. The molecule has 0 bridgehead atoms. The van der Waals surface area contributed by atoms with Crippen molar-refractivity contribution in [3.63, 3.8) is 0 Å². The normalized spacial score (nSPS) is 14.6. The summed E-state index contributed by atoms with van der Waals surface area (Å²) in [6, 6.07) is 1.78. The van der Waals surface area contributed by atoms with Gasteiger partial charge in [0.2, 0.25) is 5.95 Å². The maximum Gasteiger partial charge on any atom is 0.271 e. The minimum atomic E-state index is -0.274. The van der Waals surface area contributed by atoms with Crippen molar-refractivity contribution in [2.45, 2.75) is 13.5 Å². The van der Waals surface area contributed by atoms with Crippen LogP contribution in [0.1, 0.15) is 21.9 Å². The minimum absolute atomic E-state index is 0.274. The summed E-state index contributed by atoms with van der Waals surface area (Å²) < 4.78 is 5.32. The molecule has 1 saturated heterocycles. The lowest BCUT2D eigenvalue weighted by Gasteiger charge is -2.26. The van der Waals surface area contributed by atoms with Crippen LogP contribution in [0.3, 0.4) is 0 Å². The first-order valence-corrected chi connectivity index (χ1v) is 7.44. The number of ether oxygens (including phenoxy) is 1. The number of nitrogens with one attached hydrogen (secondary N) is 1. The number of carbonyl (C=O) groups excluding carboxylic acids is 1. The molecular formula is C15H18N6O2. The summed E-state index contributed by atoms with van der Waals surface area (Å²) in [6.45, 7) is 5.04. The molecule has 0 atom stereocenters. The molecule has 0 spiro atoms. The molecule has 3 rings (SSSR count). The predicted octanol–water partition coefficient (Wildman–Crippen LogP) is 0.342. The van der Waals surface area contributed by atoms with Crippen molar-refractivity contribution in [2.24, 2.45) is 0 Å². The lowest BCUT2D eigenvalue weighted by atomic mass is 10.3. The predicted molar refractivity (Wildman–Crippen MR) is 83.0 cm³/mol. The fourth-order valence-corrected chi connectivity index (χ4v) is 2.17. The quantitative estimate of drug-likeness (QED) is 0.870. The van der Waals surface area contributed by atoms with Gasteiger partial charge in [0.25, 0.3) is 5.91 Å². The SMILES string of the molecule is Cc1cnc(C(=O)NCc2ccnc(N3CCOCC3)n2)cn1. The van der Waals surface area contributed by atoms with E-state index in [-0.39, 0.29) is 11.6 Å². The molecule has 3 heterocycles. The van der Waals surface area contributed by atoms with Gasteiger partial charge < -0.3 is 15.0 Å². The lowest BCUT2D eigenvalue weighted by Crippen LogP contribution is -2.37. The van der Waals surface area contributed by atoms with Crippen LogP contribution in [0.5, 0.6) is 0 Å². The van der Waals surface area contributed by atoms with Gasteiger partial charge in [0.15, 0.2) is 0 Å². The molecule has 2 aromatic rings. The third-order valence-corrected chi connectivity index (χ3v) is 3.44. The lowest BCUT2D eigenvalue weighted by molar-refractivity contribution is 0.0945. The summed E-state index contributed by atoms with van der Waals surface area (Å²) in [6.07, 6.45) is 4.73. The van der Waals surface area contributed by atoms with E-state index in [2.05, 4.69) is 30.2 Å². The number of hydrogen-bond acceptors (Lipinski definition) is 7. The van der Waals surface area contributed by atoms with Crippen molar-refractivity contribution < 1.29 is 9.53 Å². The highest BCUT2D eigenvalue weighted by molar-refractivity contribution is 5.91. The Bertz CT molecular complexity index is 670. The average molecular weight is 314 g/mol. The monoisotopic (exact) mass is 314 g/mol. The number of morpholine rings is 1. The number of carbonyl (C=O) groups is 1. The summed E-state index contributed by atoms with van der Waals surface area (Å²) in [4.78, 5) is 31.0. The maximum absolute atomic E-state index is 12.0. The molecule has 0 saturated carbocycles. The van der Waals surface area contributed by atoms with E-state index in [1.165, 1.54) is 6.20 Å². The Balaban J connectivity index is 1.61. The van der Waals surface area contributed by atoms with E-state index in [0.29, 0.717) is 25.7 Å². The van der Waals surface area contributed by atoms with Crippen molar-refractivity contribution in [3.8, 4) is 0 Å². The molecule has 23 heavy (non-hydrogen) atoms. The average Bonchev–Trinajstić information content (AvgIpc) is 2.61. The van der Waals surface area contributed by atoms with Gasteiger partial charge in [0, 0.05) is 25.5 Å². The number of hydrogen-bond donors (Lipinski definition) is 1. The van der Waals surface area contributed by atoms with E-state index in [1.807, 2.05) is 6.92 Å². The van der Waals surface area contributed by atoms with Crippen LogP contribution in [0, 0.1) is 6.92 Å². The van der Waals surface area contributed by atoms with Crippen molar-refractivity contribution in [2.75, 3.05) is 31.2 Å². The van der Waals surface area contributed by atoms with Gasteiger partial charge in [-0.2, -0.15) is 0 Å². The van der Waals surface area contributed by atoms with Crippen LogP contribution in [0.15, 0.2) is 24.7 Å². The molecule has 2 aromatic heterocycles. The fraction of sp³-hybridized carbons (Fsp3) is 0.400. The van der Waals surface area contributed by atoms with Crippen LogP contribution in [0.2, 0.25) is 0 Å². The van der Waals surface area contributed by atoms with Gasteiger partial charge in [-0.3, -0.25) is 9.78 Å². The molecular weight excluding hydrogens is 296 g/mol. The van der Waals surface area contributed by atoms with E-state index in [0.717, 1.165) is 24.5 Å². The van der Waals surface area contributed by atoms with E-state index in [4.69, 9.17) is 4.74 Å². The van der Waals surface area contributed by atoms with Crippen molar-refractivity contribution >= 4 is 11.9 Å². The number of aryl methyl sites for hydroxylation is 1. The largest absolute Gasteiger partial charge is 0.378 e. The second-order valence-electron chi connectivity index (χ2n) is 5.17. The molecule has 1 aliphatic heterocycles. The molecule has 0 aromatic carbocycles. The molecule has 1 N–H and O–H groups in total. The molecule has 1 fully saturated rings. The van der Waals surface area contributed by atoms with Crippen LogP contribution in [0.4, 0.5) is 5.95 Å². The van der Waals surface area contributed by atoms with Crippen LogP contribution < -0.4 is 10.2 Å². The van der Waals surface area contributed by atoms with Crippen molar-refractivity contribution in [3.05, 3.63) is 41.7 Å². The van der Waals surface area contributed by atoms with Crippen LogP contribution in [-0.4, -0.2) is 52.1 Å². The van der Waals surface area contributed by atoms with E-state index >= 15 is 0 Å². The highest BCUT2D eigenvalue weighted by atomic mass is 16.5. The molecule has 120 valence electrons. The third-order valence-electron chi connectivity index (χ3n) is 3.44. The number of aromatic nitrogens is 4. The topological polar surface area (TPSA) is 93.1 Å². The van der Waals surface area contributed by atoms with Gasteiger partial charge >= 0.3 is 0 Å². The Kier molecular flexibility index (Phi) is 4.72. The van der Waals surface area contributed by atoms with Gasteiger partial charge in [-0.1, -0.05) is 0 Å². The Morgan fingerprint density at radius 2 is 2.09 bits per heavy atom. The summed E-state index contributed by atoms with van der Waals surface area (Å²) in [7, 11) is 0. The second-order valence-corrected chi connectivity index (χ2v) is 5.17. The van der Waals surface area contributed by atoms with Crippen LogP contribution in [-0.2, 0) is 11.3 Å². The van der Waals surface area contributed by atoms with Crippen molar-refractivity contribution in [1.82, 2.24) is 25.3 Å². The summed E-state index contributed by atoms with van der Waals surface area (Å²) in [5, 5.41) is 2.79. The number of amides is 1. The highest BCUT2D eigenvalue weighted by Gasteiger charge is 2.14. The van der Waals surface area contributed by atoms with E-state index in [1.54, 1.807) is 18.5 Å². The van der Waals surface area contributed by atoms with Gasteiger partial charge in [-0.15, -0.1) is 0 Å². The Labute approximate surface area is 134 Å². The summed E-state index contributed by atoms with van der Waals surface area (Å²) in [5.41, 5.74) is 1.81.